The molecule has 0 saturated carbocycles. The maximum absolute atomic E-state index is 5.79. The van der Waals surface area contributed by atoms with Crippen LogP contribution in [-0.2, 0) is 19.6 Å². The lowest BCUT2D eigenvalue weighted by Crippen LogP contribution is -2.24. The lowest BCUT2D eigenvalue weighted by atomic mass is 10.1. The molecule has 0 aliphatic carbocycles. The van der Waals surface area contributed by atoms with E-state index in [-0.39, 0.29) is 0 Å². The Morgan fingerprint density at radius 2 is 1.95 bits per heavy atom. The zero-order valence-electron chi connectivity index (χ0n) is 12.3. The fourth-order valence-electron chi connectivity index (χ4n) is 2.40. The van der Waals surface area contributed by atoms with Crippen molar-refractivity contribution in [3.8, 4) is 11.6 Å². The van der Waals surface area contributed by atoms with Crippen molar-refractivity contribution in [2.24, 2.45) is 0 Å². The normalized spacial score (nSPS) is 13.6. The second-order valence-corrected chi connectivity index (χ2v) is 5.05. The third-order valence-corrected chi connectivity index (χ3v) is 3.52. The van der Waals surface area contributed by atoms with E-state index in [1.165, 1.54) is 5.56 Å². The highest BCUT2D eigenvalue weighted by molar-refractivity contribution is 5.29. The van der Waals surface area contributed by atoms with Gasteiger partial charge < -0.3 is 14.8 Å². The molecule has 0 radical (unpaired) electrons. The maximum Gasteiger partial charge on any atom is 0.213 e. The number of ether oxygens (including phenoxy) is 2. The van der Waals surface area contributed by atoms with E-state index in [4.69, 9.17) is 9.47 Å². The van der Waals surface area contributed by atoms with Crippen LogP contribution in [-0.4, -0.2) is 18.1 Å². The molecule has 1 aliphatic rings. The van der Waals surface area contributed by atoms with Gasteiger partial charge in [-0.15, -0.1) is 0 Å². The molecule has 0 fully saturated rings. The van der Waals surface area contributed by atoms with Gasteiger partial charge in [0.05, 0.1) is 12.3 Å². The second kappa shape index (κ2) is 6.59. The van der Waals surface area contributed by atoms with Gasteiger partial charge in [-0.25, -0.2) is 4.98 Å². The fourth-order valence-corrected chi connectivity index (χ4v) is 2.40. The minimum absolute atomic E-state index is 0.524. The Morgan fingerprint density at radius 3 is 2.76 bits per heavy atom. The fraction of sp³-hybridized carbons (Fsp3) is 0.353. The van der Waals surface area contributed by atoms with E-state index in [9.17, 15) is 0 Å². The van der Waals surface area contributed by atoms with Crippen molar-refractivity contribution in [3.63, 3.8) is 0 Å². The molecule has 3 rings (SSSR count). The Balaban J connectivity index is 1.61. The van der Waals surface area contributed by atoms with E-state index in [1.54, 1.807) is 0 Å². The number of hydrogen-bond donors (Lipinski definition) is 1. The van der Waals surface area contributed by atoms with Crippen molar-refractivity contribution in [2.75, 3.05) is 13.2 Å². The highest BCUT2D eigenvalue weighted by Crippen LogP contribution is 2.18. The van der Waals surface area contributed by atoms with E-state index < -0.39 is 0 Å². The van der Waals surface area contributed by atoms with Gasteiger partial charge in [-0.1, -0.05) is 18.2 Å². The summed E-state index contributed by atoms with van der Waals surface area (Å²) < 4.78 is 11.2. The summed E-state index contributed by atoms with van der Waals surface area (Å²) in [7, 11) is 0. The first kappa shape index (κ1) is 13.9. The molecule has 0 spiro atoms. The van der Waals surface area contributed by atoms with Gasteiger partial charge in [0.25, 0.3) is 0 Å². The molecule has 4 nitrogen and oxygen atoms in total. The Kier molecular flexibility index (Phi) is 4.36. The van der Waals surface area contributed by atoms with E-state index in [0.29, 0.717) is 19.1 Å². The molecule has 1 aliphatic heterocycles. The van der Waals surface area contributed by atoms with Gasteiger partial charge in [0, 0.05) is 25.6 Å². The standard InChI is InChI=1S/C17H20N2O2/c1-2-20-15-6-3-13(4-7-15)12-21-17-8-5-14-11-18-10-9-16(14)19-17/h3-8,18H,2,9-12H2,1H3. The Morgan fingerprint density at radius 1 is 1.10 bits per heavy atom. The number of aromatic nitrogens is 1. The van der Waals surface area contributed by atoms with Crippen LogP contribution in [0.3, 0.4) is 0 Å². The molecular weight excluding hydrogens is 264 g/mol. The molecular formula is C17H20N2O2. The highest BCUT2D eigenvalue weighted by atomic mass is 16.5. The van der Waals surface area contributed by atoms with Gasteiger partial charge in [0.1, 0.15) is 12.4 Å². The third-order valence-electron chi connectivity index (χ3n) is 3.52. The molecule has 0 unspecified atom stereocenters. The molecule has 1 aromatic heterocycles. The van der Waals surface area contributed by atoms with Crippen LogP contribution in [0.25, 0.3) is 0 Å². The van der Waals surface area contributed by atoms with Gasteiger partial charge in [-0.2, -0.15) is 0 Å². The summed E-state index contributed by atoms with van der Waals surface area (Å²) in [5.41, 5.74) is 3.53. The quantitative estimate of drug-likeness (QED) is 0.917. The van der Waals surface area contributed by atoms with Crippen molar-refractivity contribution >= 4 is 0 Å². The summed E-state index contributed by atoms with van der Waals surface area (Å²) >= 11 is 0. The van der Waals surface area contributed by atoms with E-state index in [1.807, 2.05) is 37.3 Å². The maximum atomic E-state index is 5.79. The molecule has 0 saturated heterocycles. The van der Waals surface area contributed by atoms with E-state index in [2.05, 4.69) is 16.4 Å². The van der Waals surface area contributed by atoms with Crippen molar-refractivity contribution in [1.29, 1.82) is 0 Å². The number of fused-ring (bicyclic) bond motifs is 1. The number of nitrogens with zero attached hydrogens (tertiary/aromatic N) is 1. The molecule has 0 bridgehead atoms. The van der Waals surface area contributed by atoms with Gasteiger partial charge >= 0.3 is 0 Å². The van der Waals surface area contributed by atoms with Crippen LogP contribution >= 0.6 is 0 Å². The van der Waals surface area contributed by atoms with Crippen LogP contribution in [0.1, 0.15) is 23.7 Å². The molecule has 0 amide bonds. The van der Waals surface area contributed by atoms with Crippen LogP contribution in [0.5, 0.6) is 11.6 Å². The molecule has 110 valence electrons. The van der Waals surface area contributed by atoms with E-state index in [0.717, 1.165) is 36.5 Å². The molecule has 21 heavy (non-hydrogen) atoms. The molecule has 1 N–H and O–H groups in total. The van der Waals surface area contributed by atoms with Crippen molar-refractivity contribution in [2.45, 2.75) is 26.5 Å². The van der Waals surface area contributed by atoms with Crippen molar-refractivity contribution in [3.05, 3.63) is 53.2 Å². The van der Waals surface area contributed by atoms with Crippen LogP contribution in [0, 0.1) is 0 Å². The number of benzene rings is 1. The summed E-state index contributed by atoms with van der Waals surface area (Å²) in [5, 5.41) is 3.34. The van der Waals surface area contributed by atoms with E-state index >= 15 is 0 Å². The summed E-state index contributed by atoms with van der Waals surface area (Å²) in [6, 6.07) is 12.0. The summed E-state index contributed by atoms with van der Waals surface area (Å²) in [4.78, 5) is 4.59. The molecule has 0 atom stereocenters. The van der Waals surface area contributed by atoms with Crippen LogP contribution in [0.15, 0.2) is 36.4 Å². The lowest BCUT2D eigenvalue weighted by Gasteiger charge is -2.16. The Hall–Kier alpha value is -2.07. The average molecular weight is 284 g/mol. The van der Waals surface area contributed by atoms with Gasteiger partial charge in [0.2, 0.25) is 5.88 Å². The van der Waals surface area contributed by atoms with Crippen LogP contribution < -0.4 is 14.8 Å². The molecule has 2 aromatic rings. The predicted octanol–water partition coefficient (Wildman–Crippen LogP) is 2.71. The Labute approximate surface area is 125 Å². The number of hydrogen-bond acceptors (Lipinski definition) is 4. The zero-order valence-corrected chi connectivity index (χ0v) is 12.3. The smallest absolute Gasteiger partial charge is 0.213 e. The first-order chi connectivity index (χ1) is 10.3. The van der Waals surface area contributed by atoms with Gasteiger partial charge in [-0.05, 0) is 30.2 Å². The highest BCUT2D eigenvalue weighted by Gasteiger charge is 2.10. The third kappa shape index (κ3) is 3.52. The van der Waals surface area contributed by atoms with Gasteiger partial charge in [0.15, 0.2) is 0 Å². The van der Waals surface area contributed by atoms with Crippen LogP contribution in [0.4, 0.5) is 0 Å². The molecule has 2 heterocycles. The largest absolute Gasteiger partial charge is 0.494 e. The van der Waals surface area contributed by atoms with Crippen LogP contribution in [0.2, 0.25) is 0 Å². The number of rotatable bonds is 5. The minimum Gasteiger partial charge on any atom is -0.494 e. The second-order valence-electron chi connectivity index (χ2n) is 5.05. The van der Waals surface area contributed by atoms with Crippen molar-refractivity contribution in [1.82, 2.24) is 10.3 Å². The lowest BCUT2D eigenvalue weighted by molar-refractivity contribution is 0.292. The number of pyridine rings is 1. The average Bonchev–Trinajstić information content (AvgIpc) is 2.54. The first-order valence-corrected chi connectivity index (χ1v) is 7.39. The van der Waals surface area contributed by atoms with Gasteiger partial charge in [-0.3, -0.25) is 0 Å². The number of nitrogens with one attached hydrogen (secondary N) is 1. The molecule has 4 heteroatoms. The molecule has 1 aromatic carbocycles. The monoisotopic (exact) mass is 284 g/mol. The SMILES string of the molecule is CCOc1ccc(COc2ccc3c(n2)CCNC3)cc1. The minimum atomic E-state index is 0.524. The van der Waals surface area contributed by atoms with Crippen molar-refractivity contribution < 1.29 is 9.47 Å². The summed E-state index contributed by atoms with van der Waals surface area (Å²) in [6.07, 6.45) is 0.968. The Bertz CT molecular complexity index is 596. The first-order valence-electron chi connectivity index (χ1n) is 7.39. The topological polar surface area (TPSA) is 43.4 Å². The predicted molar refractivity (Wildman–Crippen MR) is 81.6 cm³/mol. The zero-order chi connectivity index (χ0) is 14.5. The summed E-state index contributed by atoms with van der Waals surface area (Å²) in [6.45, 7) is 5.08. The summed E-state index contributed by atoms with van der Waals surface area (Å²) in [5.74, 6) is 1.59.